The number of fused-ring (bicyclic) bond motifs is 1. The van der Waals surface area contributed by atoms with Crippen LogP contribution in [0.3, 0.4) is 0 Å². The summed E-state index contributed by atoms with van der Waals surface area (Å²) < 4.78 is 0. The van der Waals surface area contributed by atoms with E-state index in [0.717, 1.165) is 47.7 Å². The number of urea groups is 1. The molecular formula is C28H38N6O4. The molecule has 0 radical (unpaired) electrons. The maximum Gasteiger partial charge on any atom is 0.315 e. The van der Waals surface area contributed by atoms with Crippen molar-refractivity contribution in [2.75, 3.05) is 6.54 Å². The molecule has 38 heavy (non-hydrogen) atoms. The minimum absolute atomic E-state index is 0.108. The van der Waals surface area contributed by atoms with Gasteiger partial charge in [-0.3, -0.25) is 14.4 Å². The fourth-order valence-electron chi connectivity index (χ4n) is 5.49. The van der Waals surface area contributed by atoms with E-state index in [9.17, 15) is 19.2 Å². The van der Waals surface area contributed by atoms with Crippen LogP contribution >= 0.6 is 0 Å². The maximum absolute atomic E-state index is 13.6. The third-order valence-electron chi connectivity index (χ3n) is 7.38. The van der Waals surface area contributed by atoms with Gasteiger partial charge < -0.3 is 31.6 Å². The van der Waals surface area contributed by atoms with Crippen molar-refractivity contribution in [1.29, 1.82) is 0 Å². The summed E-state index contributed by atoms with van der Waals surface area (Å²) in [6.45, 7) is 3.92. The number of rotatable bonds is 8. The number of nitrogens with zero attached hydrogens (tertiary/aromatic N) is 1. The number of H-pyrrole nitrogens is 1. The van der Waals surface area contributed by atoms with E-state index in [0.29, 0.717) is 13.0 Å². The van der Waals surface area contributed by atoms with Gasteiger partial charge in [0.1, 0.15) is 12.1 Å². The Balaban J connectivity index is 1.50. The van der Waals surface area contributed by atoms with E-state index in [4.69, 9.17) is 5.73 Å². The van der Waals surface area contributed by atoms with Gasteiger partial charge in [0.05, 0.1) is 6.04 Å². The normalized spacial score (nSPS) is 20.5. The lowest BCUT2D eigenvalue weighted by Gasteiger charge is -2.29. The first-order valence-electron chi connectivity index (χ1n) is 13.4. The van der Waals surface area contributed by atoms with Crippen molar-refractivity contribution in [2.24, 2.45) is 5.73 Å². The molecule has 0 bridgehead atoms. The number of aromatic amines is 1. The third-order valence-corrected chi connectivity index (χ3v) is 7.38. The van der Waals surface area contributed by atoms with Gasteiger partial charge in [-0.1, -0.05) is 43.0 Å². The van der Waals surface area contributed by atoms with Crippen molar-refractivity contribution in [3.05, 3.63) is 47.7 Å². The number of hydrogen-bond donors (Lipinski definition) is 5. The Hall–Kier alpha value is -3.82. The molecule has 10 heteroatoms. The second kappa shape index (κ2) is 12.1. The molecule has 5 amide bonds. The molecule has 2 aliphatic rings. The highest BCUT2D eigenvalue weighted by atomic mass is 16.2. The van der Waals surface area contributed by atoms with Crippen LogP contribution in [0.2, 0.25) is 0 Å². The highest BCUT2D eigenvalue weighted by molar-refractivity contribution is 5.96. The fraction of sp³-hybridized carbons (Fsp3) is 0.500. The number of amides is 5. The van der Waals surface area contributed by atoms with Crippen molar-refractivity contribution in [3.8, 4) is 0 Å². The van der Waals surface area contributed by atoms with Gasteiger partial charge in [-0.2, -0.15) is 0 Å². The van der Waals surface area contributed by atoms with E-state index in [2.05, 4.69) is 20.9 Å². The van der Waals surface area contributed by atoms with Crippen molar-refractivity contribution < 1.29 is 19.2 Å². The summed E-state index contributed by atoms with van der Waals surface area (Å²) in [6, 6.07) is 4.87. The number of carbonyl (C=O) groups is 4. The molecule has 1 aliphatic carbocycles. The van der Waals surface area contributed by atoms with E-state index >= 15 is 0 Å². The fourth-order valence-corrected chi connectivity index (χ4v) is 5.49. The van der Waals surface area contributed by atoms with Gasteiger partial charge in [0, 0.05) is 42.2 Å². The number of nitrogens with one attached hydrogen (secondary N) is 4. The molecule has 1 aromatic carbocycles. The molecule has 2 fully saturated rings. The van der Waals surface area contributed by atoms with Crippen LogP contribution in [0.5, 0.6) is 0 Å². The van der Waals surface area contributed by atoms with Crippen molar-refractivity contribution in [3.63, 3.8) is 0 Å². The van der Waals surface area contributed by atoms with Crippen LogP contribution in [-0.2, 0) is 20.8 Å². The van der Waals surface area contributed by atoms with Crippen LogP contribution in [0.1, 0.15) is 57.9 Å². The number of allylic oxidation sites excluding steroid dienone is 1. The molecule has 3 unspecified atom stereocenters. The zero-order valence-corrected chi connectivity index (χ0v) is 22.1. The van der Waals surface area contributed by atoms with Gasteiger partial charge in [0.25, 0.3) is 0 Å². The first-order chi connectivity index (χ1) is 18.2. The van der Waals surface area contributed by atoms with E-state index in [1.807, 2.05) is 24.3 Å². The quantitative estimate of drug-likeness (QED) is 0.338. The topological polar surface area (TPSA) is 149 Å². The summed E-state index contributed by atoms with van der Waals surface area (Å²) >= 11 is 0. The molecule has 10 nitrogen and oxygen atoms in total. The van der Waals surface area contributed by atoms with Crippen molar-refractivity contribution >= 4 is 34.7 Å². The second-order valence-corrected chi connectivity index (χ2v) is 10.6. The number of nitrogens with two attached hydrogens (primary N) is 1. The summed E-state index contributed by atoms with van der Waals surface area (Å²) in [5, 5.41) is 9.64. The van der Waals surface area contributed by atoms with Crippen LogP contribution < -0.4 is 21.7 Å². The van der Waals surface area contributed by atoms with Gasteiger partial charge >= 0.3 is 6.03 Å². The Kier molecular flexibility index (Phi) is 8.70. The molecule has 1 saturated heterocycles. The summed E-state index contributed by atoms with van der Waals surface area (Å²) in [7, 11) is 0. The minimum atomic E-state index is -0.987. The molecule has 3 atom stereocenters. The largest absolute Gasteiger partial charge is 0.368 e. The molecule has 2 aromatic rings. The molecule has 4 rings (SSSR count). The molecule has 204 valence electrons. The van der Waals surface area contributed by atoms with Gasteiger partial charge in [0.15, 0.2) is 0 Å². The van der Waals surface area contributed by atoms with Crippen molar-refractivity contribution in [2.45, 2.75) is 83.0 Å². The van der Waals surface area contributed by atoms with Gasteiger partial charge in [-0.15, -0.1) is 0 Å². The molecular weight excluding hydrogens is 484 g/mol. The Morgan fingerprint density at radius 1 is 1.08 bits per heavy atom. The van der Waals surface area contributed by atoms with Gasteiger partial charge in [-0.25, -0.2) is 4.79 Å². The molecule has 1 saturated carbocycles. The van der Waals surface area contributed by atoms with Crippen LogP contribution in [0, 0.1) is 0 Å². The zero-order chi connectivity index (χ0) is 27.2. The average Bonchev–Trinajstić information content (AvgIpc) is 3.48. The summed E-state index contributed by atoms with van der Waals surface area (Å²) in [6.07, 6.45) is 9.08. The Labute approximate surface area is 222 Å². The number of benzene rings is 1. The summed E-state index contributed by atoms with van der Waals surface area (Å²) in [4.78, 5) is 56.4. The summed E-state index contributed by atoms with van der Waals surface area (Å²) in [5.41, 5.74) is 8.25. The highest BCUT2D eigenvalue weighted by Crippen LogP contribution is 2.22. The van der Waals surface area contributed by atoms with Crippen LogP contribution in [0.15, 0.2) is 42.1 Å². The van der Waals surface area contributed by atoms with E-state index in [1.54, 1.807) is 20.0 Å². The minimum Gasteiger partial charge on any atom is -0.368 e. The maximum atomic E-state index is 13.6. The molecule has 0 spiro atoms. The summed E-state index contributed by atoms with van der Waals surface area (Å²) in [5.74, 6) is -1.51. The number of aromatic nitrogens is 1. The predicted octanol–water partition coefficient (Wildman–Crippen LogP) is 2.25. The number of likely N-dealkylation sites (tertiary alicyclic amines) is 1. The first kappa shape index (κ1) is 27.2. The molecule has 6 N–H and O–H groups in total. The lowest BCUT2D eigenvalue weighted by Crippen LogP contribution is -2.59. The van der Waals surface area contributed by atoms with Gasteiger partial charge in [0.2, 0.25) is 17.7 Å². The third kappa shape index (κ3) is 6.54. The van der Waals surface area contributed by atoms with E-state index < -0.39 is 29.9 Å². The smallest absolute Gasteiger partial charge is 0.315 e. The Morgan fingerprint density at radius 3 is 2.53 bits per heavy atom. The Bertz CT molecular complexity index is 1210. The van der Waals surface area contributed by atoms with Gasteiger partial charge in [-0.05, 0) is 44.7 Å². The van der Waals surface area contributed by atoms with Crippen LogP contribution in [0.25, 0.3) is 10.9 Å². The lowest BCUT2D eigenvalue weighted by molar-refractivity contribution is -0.137. The standard InChI is InChI=1S/C28H38N6O4/c1-17(2)14-24(35)34-13-12-22(33-28(38)31-19-8-4-3-5-9-19)25(34)27(37)32-23(26(29)36)15-18-16-30-21-11-7-6-10-20(18)21/h6-7,10-11,14,16,19,22-23,25,30H,3-5,8-9,12-13,15H2,1-2H3,(H2,29,36)(H,32,37)(H2,31,33,38). The predicted molar refractivity (Wildman–Crippen MR) is 145 cm³/mol. The second-order valence-electron chi connectivity index (χ2n) is 10.6. The van der Waals surface area contributed by atoms with E-state index in [1.165, 1.54) is 17.4 Å². The van der Waals surface area contributed by atoms with E-state index in [-0.39, 0.29) is 24.4 Å². The number of para-hydroxylation sites is 1. The average molecular weight is 523 g/mol. The van der Waals surface area contributed by atoms with Crippen LogP contribution in [-0.4, -0.2) is 64.3 Å². The number of carbonyl (C=O) groups excluding carboxylic acids is 4. The lowest BCUT2D eigenvalue weighted by atomic mass is 9.96. The first-order valence-corrected chi connectivity index (χ1v) is 13.4. The molecule has 1 aromatic heterocycles. The molecule has 2 heterocycles. The zero-order valence-electron chi connectivity index (χ0n) is 22.1. The Morgan fingerprint density at radius 2 is 1.82 bits per heavy atom. The monoisotopic (exact) mass is 522 g/mol. The van der Waals surface area contributed by atoms with Crippen molar-refractivity contribution in [1.82, 2.24) is 25.8 Å². The number of primary amides is 1. The molecule has 1 aliphatic heterocycles. The SMILES string of the molecule is CC(C)=CC(=O)N1CCC(NC(=O)NC2CCCCC2)C1C(=O)NC(Cc1c[nH]c2ccccc12)C(N)=O. The van der Waals surface area contributed by atoms with Crippen LogP contribution in [0.4, 0.5) is 4.79 Å². The number of hydrogen-bond acceptors (Lipinski definition) is 4. The highest BCUT2D eigenvalue weighted by Gasteiger charge is 2.43.